The van der Waals surface area contributed by atoms with Gasteiger partial charge in [-0.3, -0.25) is 4.79 Å². The van der Waals surface area contributed by atoms with Gasteiger partial charge in [-0.15, -0.1) is 0 Å². The second kappa shape index (κ2) is 6.09. The number of aliphatic carboxylic acids is 1. The first-order valence-corrected chi connectivity index (χ1v) is 7.55. The summed E-state index contributed by atoms with van der Waals surface area (Å²) in [5.74, 6) is -4.14. The number of carboxylic acids is 1. The quantitative estimate of drug-likeness (QED) is 0.769. The van der Waals surface area contributed by atoms with Crippen LogP contribution in [-0.2, 0) is 10.7 Å². The SMILES string of the molecule is O=C(O)CC1(CC(F)(F)c2ccc(Cl)c(Cl)c2)CCCC1. The van der Waals surface area contributed by atoms with Crippen molar-refractivity contribution < 1.29 is 18.7 Å². The van der Waals surface area contributed by atoms with E-state index >= 15 is 0 Å². The number of rotatable bonds is 5. The molecule has 116 valence electrons. The zero-order valence-corrected chi connectivity index (χ0v) is 12.9. The Bertz CT molecular complexity index is 540. The molecule has 1 aromatic carbocycles. The van der Waals surface area contributed by atoms with Gasteiger partial charge in [-0.1, -0.05) is 42.1 Å². The van der Waals surface area contributed by atoms with Gasteiger partial charge in [-0.2, -0.15) is 0 Å². The number of carbonyl (C=O) groups is 1. The number of benzene rings is 1. The number of hydrogen-bond acceptors (Lipinski definition) is 1. The van der Waals surface area contributed by atoms with E-state index in [-0.39, 0.29) is 22.0 Å². The summed E-state index contributed by atoms with van der Waals surface area (Å²) < 4.78 is 29.0. The van der Waals surface area contributed by atoms with E-state index in [0.717, 1.165) is 18.9 Å². The summed E-state index contributed by atoms with van der Waals surface area (Å²) in [5, 5.41) is 9.30. The summed E-state index contributed by atoms with van der Waals surface area (Å²) in [7, 11) is 0. The number of alkyl halides is 2. The molecule has 0 radical (unpaired) electrons. The molecule has 0 unspecified atom stereocenters. The summed E-state index contributed by atoms with van der Waals surface area (Å²) in [6.07, 6.45) is 1.95. The highest BCUT2D eigenvalue weighted by Crippen LogP contribution is 2.51. The lowest BCUT2D eigenvalue weighted by molar-refractivity contribution is -0.141. The zero-order chi connectivity index (χ0) is 15.7. The van der Waals surface area contributed by atoms with E-state index in [2.05, 4.69) is 0 Å². The van der Waals surface area contributed by atoms with Gasteiger partial charge in [-0.05, 0) is 30.4 Å². The van der Waals surface area contributed by atoms with Crippen LogP contribution in [0.1, 0.15) is 44.1 Å². The predicted octanol–water partition coefficient (Wildman–Crippen LogP) is 5.51. The molecule has 21 heavy (non-hydrogen) atoms. The maximum atomic E-state index is 14.5. The van der Waals surface area contributed by atoms with Crippen molar-refractivity contribution in [1.29, 1.82) is 0 Å². The van der Waals surface area contributed by atoms with Gasteiger partial charge >= 0.3 is 5.97 Å². The molecule has 1 aliphatic carbocycles. The molecule has 1 N–H and O–H groups in total. The second-order valence-electron chi connectivity index (χ2n) is 5.79. The van der Waals surface area contributed by atoms with Gasteiger partial charge in [0, 0.05) is 12.0 Å². The van der Waals surface area contributed by atoms with E-state index in [4.69, 9.17) is 28.3 Å². The van der Waals surface area contributed by atoms with Crippen molar-refractivity contribution in [3.05, 3.63) is 33.8 Å². The average molecular weight is 337 g/mol. The first-order chi connectivity index (χ1) is 9.74. The third-order valence-electron chi connectivity index (χ3n) is 4.13. The largest absolute Gasteiger partial charge is 0.481 e. The highest BCUT2D eigenvalue weighted by molar-refractivity contribution is 6.42. The van der Waals surface area contributed by atoms with E-state index in [1.54, 1.807) is 0 Å². The summed E-state index contributed by atoms with van der Waals surface area (Å²) in [4.78, 5) is 11.0. The Labute approximate surface area is 132 Å². The summed E-state index contributed by atoms with van der Waals surface area (Å²) in [5.41, 5.74) is -1.05. The number of carboxylic acid groups (broad SMARTS) is 1. The van der Waals surface area contributed by atoms with E-state index in [9.17, 15) is 13.6 Å². The molecule has 0 amide bonds. The Hall–Kier alpha value is -0.870. The van der Waals surface area contributed by atoms with Crippen molar-refractivity contribution in [3.8, 4) is 0 Å². The molecule has 2 nitrogen and oxygen atoms in total. The van der Waals surface area contributed by atoms with Crippen LogP contribution >= 0.6 is 23.2 Å². The van der Waals surface area contributed by atoms with Crippen molar-refractivity contribution in [2.24, 2.45) is 5.41 Å². The maximum Gasteiger partial charge on any atom is 0.303 e. The van der Waals surface area contributed by atoms with Crippen LogP contribution in [0.5, 0.6) is 0 Å². The first kappa shape index (κ1) is 16.5. The molecule has 0 saturated heterocycles. The normalized spacial score (nSPS) is 17.9. The Morgan fingerprint density at radius 3 is 2.38 bits per heavy atom. The van der Waals surface area contributed by atoms with Gasteiger partial charge in [0.25, 0.3) is 5.92 Å². The third kappa shape index (κ3) is 3.86. The molecule has 0 spiro atoms. The minimum atomic E-state index is -3.12. The number of hydrogen-bond donors (Lipinski definition) is 1. The van der Waals surface area contributed by atoms with E-state index < -0.39 is 23.7 Å². The Morgan fingerprint density at radius 2 is 1.86 bits per heavy atom. The molecule has 1 fully saturated rings. The fraction of sp³-hybridized carbons (Fsp3) is 0.533. The average Bonchev–Trinajstić information content (AvgIpc) is 2.78. The van der Waals surface area contributed by atoms with Crippen LogP contribution in [-0.4, -0.2) is 11.1 Å². The van der Waals surface area contributed by atoms with Crippen LogP contribution in [0.4, 0.5) is 8.78 Å². The van der Waals surface area contributed by atoms with Gasteiger partial charge in [0.05, 0.1) is 16.5 Å². The first-order valence-electron chi connectivity index (χ1n) is 6.79. The van der Waals surface area contributed by atoms with Crippen molar-refractivity contribution in [2.75, 3.05) is 0 Å². The van der Waals surface area contributed by atoms with Gasteiger partial charge in [0.1, 0.15) is 0 Å². The standard InChI is InChI=1S/C15H16Cl2F2O2/c16-11-4-3-10(7-12(11)17)15(18,19)9-14(8-13(20)21)5-1-2-6-14/h3-4,7H,1-2,5-6,8-9H2,(H,20,21). The minimum Gasteiger partial charge on any atom is -0.481 e. The fourth-order valence-electron chi connectivity index (χ4n) is 3.16. The molecule has 0 bridgehead atoms. The predicted molar refractivity (Wildman–Crippen MR) is 78.1 cm³/mol. The second-order valence-corrected chi connectivity index (χ2v) is 6.60. The highest BCUT2D eigenvalue weighted by Gasteiger charge is 2.46. The lowest BCUT2D eigenvalue weighted by Gasteiger charge is -2.32. The smallest absolute Gasteiger partial charge is 0.303 e. The third-order valence-corrected chi connectivity index (χ3v) is 4.87. The van der Waals surface area contributed by atoms with E-state index in [1.807, 2.05) is 0 Å². The molecule has 6 heteroatoms. The van der Waals surface area contributed by atoms with Gasteiger partial charge < -0.3 is 5.11 Å². The van der Waals surface area contributed by atoms with E-state index in [1.165, 1.54) is 12.1 Å². The summed E-state index contributed by atoms with van der Waals surface area (Å²) >= 11 is 11.5. The van der Waals surface area contributed by atoms with E-state index in [0.29, 0.717) is 12.8 Å². The zero-order valence-electron chi connectivity index (χ0n) is 11.3. The maximum absolute atomic E-state index is 14.5. The molecular weight excluding hydrogens is 321 g/mol. The topological polar surface area (TPSA) is 37.3 Å². The molecule has 0 heterocycles. The van der Waals surface area contributed by atoms with Crippen molar-refractivity contribution in [3.63, 3.8) is 0 Å². The Balaban J connectivity index is 2.25. The molecule has 1 aliphatic rings. The van der Waals surface area contributed by atoms with Gasteiger partial charge in [-0.25, -0.2) is 8.78 Å². The molecule has 1 saturated carbocycles. The molecule has 1 aromatic rings. The van der Waals surface area contributed by atoms with Crippen LogP contribution < -0.4 is 0 Å². The highest BCUT2D eigenvalue weighted by atomic mass is 35.5. The molecular formula is C15H16Cl2F2O2. The lowest BCUT2D eigenvalue weighted by Crippen LogP contribution is -2.29. The van der Waals surface area contributed by atoms with Gasteiger partial charge in [0.2, 0.25) is 0 Å². The molecule has 0 aromatic heterocycles. The minimum absolute atomic E-state index is 0.0764. The van der Waals surface area contributed by atoms with Crippen LogP contribution in [0.3, 0.4) is 0 Å². The van der Waals surface area contributed by atoms with Gasteiger partial charge in [0.15, 0.2) is 0 Å². The van der Waals surface area contributed by atoms with Crippen LogP contribution in [0.15, 0.2) is 18.2 Å². The van der Waals surface area contributed by atoms with Crippen molar-refractivity contribution in [2.45, 2.75) is 44.4 Å². The van der Waals surface area contributed by atoms with Crippen LogP contribution in [0.2, 0.25) is 10.0 Å². The fourth-order valence-corrected chi connectivity index (χ4v) is 3.46. The number of halogens is 4. The monoisotopic (exact) mass is 336 g/mol. The Kier molecular flexibility index (Phi) is 4.79. The molecule has 2 rings (SSSR count). The lowest BCUT2D eigenvalue weighted by atomic mass is 9.76. The summed E-state index contributed by atoms with van der Waals surface area (Å²) in [6.45, 7) is 0. The van der Waals surface area contributed by atoms with Crippen molar-refractivity contribution >= 4 is 29.2 Å². The van der Waals surface area contributed by atoms with Crippen LogP contribution in [0, 0.1) is 5.41 Å². The Morgan fingerprint density at radius 1 is 1.24 bits per heavy atom. The molecule has 0 aliphatic heterocycles. The van der Waals surface area contributed by atoms with Crippen molar-refractivity contribution in [1.82, 2.24) is 0 Å². The summed E-state index contributed by atoms with van der Waals surface area (Å²) in [6, 6.07) is 3.75. The molecule has 0 atom stereocenters. The van der Waals surface area contributed by atoms with Crippen LogP contribution in [0.25, 0.3) is 0 Å².